The molecule has 1 amide bonds. The Bertz CT molecular complexity index is 756. The van der Waals surface area contributed by atoms with E-state index in [0.717, 1.165) is 10.0 Å². The number of hydrogen-bond donors (Lipinski definition) is 2. The summed E-state index contributed by atoms with van der Waals surface area (Å²) in [5, 5.41) is 10.0. The molecule has 2 aromatic rings. The molecule has 0 fully saturated rings. The van der Waals surface area contributed by atoms with Crippen LogP contribution in [0.25, 0.3) is 0 Å². The molecule has 0 saturated heterocycles. The summed E-state index contributed by atoms with van der Waals surface area (Å²) in [6.45, 7) is 6.16. The van der Waals surface area contributed by atoms with Gasteiger partial charge in [-0.1, -0.05) is 15.9 Å². The highest BCUT2D eigenvalue weighted by Gasteiger charge is 2.19. The average Bonchev–Trinajstić information content (AvgIpc) is 2.82. The summed E-state index contributed by atoms with van der Waals surface area (Å²) in [5.41, 5.74) is 0.753. The van der Waals surface area contributed by atoms with Crippen molar-refractivity contribution in [2.24, 2.45) is 7.05 Å². The van der Waals surface area contributed by atoms with Crippen LogP contribution in [-0.4, -0.2) is 21.5 Å². The van der Waals surface area contributed by atoms with Crippen LogP contribution in [0.2, 0.25) is 0 Å². The van der Waals surface area contributed by atoms with Gasteiger partial charge in [0, 0.05) is 35.7 Å². The summed E-state index contributed by atoms with van der Waals surface area (Å²) in [4.78, 5) is 12.0. The molecule has 8 heteroatoms. The molecule has 1 heterocycles. The maximum absolute atomic E-state index is 13.8. The summed E-state index contributed by atoms with van der Waals surface area (Å²) in [6.07, 6.45) is 1.10. The van der Waals surface area contributed by atoms with Crippen LogP contribution in [0.15, 0.2) is 28.9 Å². The van der Waals surface area contributed by atoms with E-state index in [2.05, 4.69) is 31.7 Å². The van der Waals surface area contributed by atoms with E-state index in [1.807, 2.05) is 0 Å². The van der Waals surface area contributed by atoms with E-state index >= 15 is 0 Å². The highest BCUT2D eigenvalue weighted by atomic mass is 79.9. The van der Waals surface area contributed by atoms with Crippen LogP contribution in [0.3, 0.4) is 0 Å². The van der Waals surface area contributed by atoms with Gasteiger partial charge in [-0.25, -0.2) is 9.18 Å². The minimum absolute atomic E-state index is 0.269. The molecule has 1 aromatic heterocycles. The van der Waals surface area contributed by atoms with Gasteiger partial charge >= 0.3 is 6.09 Å². The van der Waals surface area contributed by atoms with Crippen molar-refractivity contribution in [3.8, 4) is 0 Å². The minimum Gasteiger partial charge on any atom is -0.444 e. The largest absolute Gasteiger partial charge is 0.444 e. The Morgan fingerprint density at radius 2 is 2.00 bits per heavy atom. The normalized spacial score (nSPS) is 11.4. The van der Waals surface area contributed by atoms with Crippen LogP contribution in [-0.2, 0) is 24.9 Å². The van der Waals surface area contributed by atoms with Gasteiger partial charge in [0.15, 0.2) is 0 Å². The molecule has 0 unspecified atom stereocenters. The number of aryl methyl sites for hydroxylation is 1. The number of carbonyl (C=O) groups excluding carboxylic acids is 1. The van der Waals surface area contributed by atoms with Gasteiger partial charge in [-0.3, -0.25) is 10.00 Å². The Labute approximate surface area is 154 Å². The van der Waals surface area contributed by atoms with E-state index in [1.54, 1.807) is 50.8 Å². The van der Waals surface area contributed by atoms with Crippen molar-refractivity contribution >= 4 is 27.8 Å². The Balaban J connectivity index is 1.99. The molecule has 2 rings (SSSR count). The number of hydrogen-bond acceptors (Lipinski definition) is 4. The highest BCUT2D eigenvalue weighted by molar-refractivity contribution is 9.10. The third-order valence-electron chi connectivity index (χ3n) is 3.27. The van der Waals surface area contributed by atoms with Crippen LogP contribution in [0.4, 0.5) is 15.0 Å². The molecule has 1 aromatic carbocycles. The molecule has 0 aliphatic carbocycles. The van der Waals surface area contributed by atoms with E-state index < -0.39 is 11.7 Å². The highest BCUT2D eigenvalue weighted by Crippen LogP contribution is 2.18. The smallest absolute Gasteiger partial charge is 0.413 e. The Kier molecular flexibility index (Phi) is 6.18. The molecule has 0 saturated carbocycles. The minimum atomic E-state index is -0.584. The number of anilines is 1. The second-order valence-corrected chi connectivity index (χ2v) is 7.52. The Morgan fingerprint density at radius 3 is 2.68 bits per heavy atom. The second kappa shape index (κ2) is 7.97. The SMILES string of the molecule is Cn1ncc(CNCc2cc(Br)ccc2F)c1NC(=O)OC(C)(C)C. The summed E-state index contributed by atoms with van der Waals surface area (Å²) in [5.74, 6) is 0.269. The van der Waals surface area contributed by atoms with Crippen molar-refractivity contribution in [2.75, 3.05) is 5.32 Å². The molecular formula is C17H22BrFN4O2. The van der Waals surface area contributed by atoms with Gasteiger partial charge < -0.3 is 10.1 Å². The van der Waals surface area contributed by atoms with Crippen LogP contribution in [0, 0.1) is 5.82 Å². The Morgan fingerprint density at radius 1 is 1.32 bits per heavy atom. The standard InChI is InChI=1S/C17H22BrFN4O2/c1-17(2,3)25-16(24)22-15-12(10-21-23(15)4)9-20-8-11-7-13(18)5-6-14(11)19/h5-7,10,20H,8-9H2,1-4H3,(H,22,24). The number of ether oxygens (including phenoxy) is 1. The zero-order valence-corrected chi connectivity index (χ0v) is 16.3. The quantitative estimate of drug-likeness (QED) is 0.779. The number of halogens is 2. The van der Waals surface area contributed by atoms with Crippen LogP contribution >= 0.6 is 15.9 Å². The zero-order valence-electron chi connectivity index (χ0n) is 14.7. The molecule has 0 radical (unpaired) electrons. The van der Waals surface area contributed by atoms with Crippen molar-refractivity contribution in [3.63, 3.8) is 0 Å². The van der Waals surface area contributed by atoms with Gasteiger partial charge in [-0.05, 0) is 39.0 Å². The van der Waals surface area contributed by atoms with Crippen LogP contribution in [0.5, 0.6) is 0 Å². The van der Waals surface area contributed by atoms with E-state index in [-0.39, 0.29) is 5.82 Å². The lowest BCUT2D eigenvalue weighted by Crippen LogP contribution is -2.28. The number of rotatable bonds is 5. The van der Waals surface area contributed by atoms with E-state index in [0.29, 0.717) is 24.5 Å². The lowest BCUT2D eigenvalue weighted by Gasteiger charge is -2.20. The topological polar surface area (TPSA) is 68.2 Å². The first-order valence-electron chi connectivity index (χ1n) is 7.81. The predicted octanol–water partition coefficient (Wildman–Crippen LogP) is 3.96. The number of nitrogens with one attached hydrogen (secondary N) is 2. The molecule has 0 aliphatic heterocycles. The fourth-order valence-corrected chi connectivity index (χ4v) is 2.59. The van der Waals surface area contributed by atoms with Gasteiger partial charge in [0.25, 0.3) is 0 Å². The number of nitrogens with zero attached hydrogens (tertiary/aromatic N) is 2. The van der Waals surface area contributed by atoms with E-state index in [9.17, 15) is 9.18 Å². The number of carbonyl (C=O) groups is 1. The summed E-state index contributed by atoms with van der Waals surface area (Å²) >= 11 is 3.33. The number of amides is 1. The second-order valence-electron chi connectivity index (χ2n) is 6.61. The van der Waals surface area contributed by atoms with E-state index in [4.69, 9.17) is 4.74 Å². The van der Waals surface area contributed by atoms with Gasteiger partial charge in [0.1, 0.15) is 17.2 Å². The fourth-order valence-electron chi connectivity index (χ4n) is 2.18. The third-order valence-corrected chi connectivity index (χ3v) is 3.77. The fraction of sp³-hybridized carbons (Fsp3) is 0.412. The molecular weight excluding hydrogens is 391 g/mol. The molecule has 136 valence electrons. The first-order valence-corrected chi connectivity index (χ1v) is 8.60. The first-order chi connectivity index (χ1) is 11.7. The summed E-state index contributed by atoms with van der Waals surface area (Å²) in [7, 11) is 1.73. The number of benzene rings is 1. The van der Waals surface area contributed by atoms with Gasteiger partial charge in [0.05, 0.1) is 6.20 Å². The maximum Gasteiger partial charge on any atom is 0.413 e. The summed E-state index contributed by atoms with van der Waals surface area (Å²) < 4.78 is 21.4. The van der Waals surface area contributed by atoms with Crippen molar-refractivity contribution < 1.29 is 13.9 Å². The van der Waals surface area contributed by atoms with Gasteiger partial charge in [-0.15, -0.1) is 0 Å². The molecule has 25 heavy (non-hydrogen) atoms. The first kappa shape index (κ1) is 19.4. The lowest BCUT2D eigenvalue weighted by molar-refractivity contribution is 0.0634. The molecule has 0 atom stereocenters. The van der Waals surface area contributed by atoms with Crippen LogP contribution in [0.1, 0.15) is 31.9 Å². The van der Waals surface area contributed by atoms with Crippen LogP contribution < -0.4 is 10.6 Å². The molecule has 0 aliphatic rings. The Hall–Kier alpha value is -1.93. The van der Waals surface area contributed by atoms with Gasteiger partial charge in [0.2, 0.25) is 0 Å². The third kappa shape index (κ3) is 5.82. The monoisotopic (exact) mass is 412 g/mol. The molecule has 0 spiro atoms. The molecule has 2 N–H and O–H groups in total. The zero-order chi connectivity index (χ0) is 18.6. The summed E-state index contributed by atoms with van der Waals surface area (Å²) in [6, 6.07) is 4.80. The van der Waals surface area contributed by atoms with Crippen molar-refractivity contribution in [1.29, 1.82) is 0 Å². The van der Waals surface area contributed by atoms with Crippen molar-refractivity contribution in [2.45, 2.75) is 39.5 Å². The number of aromatic nitrogens is 2. The lowest BCUT2D eigenvalue weighted by atomic mass is 10.2. The predicted molar refractivity (Wildman–Crippen MR) is 97.7 cm³/mol. The maximum atomic E-state index is 13.8. The van der Waals surface area contributed by atoms with Crippen molar-refractivity contribution in [1.82, 2.24) is 15.1 Å². The van der Waals surface area contributed by atoms with Gasteiger partial charge in [-0.2, -0.15) is 5.10 Å². The average molecular weight is 413 g/mol. The van der Waals surface area contributed by atoms with E-state index in [1.165, 1.54) is 6.07 Å². The molecule has 0 bridgehead atoms. The van der Waals surface area contributed by atoms with Crippen molar-refractivity contribution in [3.05, 3.63) is 45.8 Å². The molecule has 6 nitrogen and oxygen atoms in total.